The predicted octanol–water partition coefficient (Wildman–Crippen LogP) is 1.78. The Morgan fingerprint density at radius 3 is 3.03 bits per heavy atom. The number of carbonyl (C=O) groups is 1. The van der Waals surface area contributed by atoms with Crippen molar-refractivity contribution < 1.29 is 13.9 Å². The molecule has 1 amide bonds. The summed E-state index contributed by atoms with van der Waals surface area (Å²) in [6.07, 6.45) is 4.85. The molecule has 1 saturated heterocycles. The zero-order valence-corrected chi connectivity index (χ0v) is 17.2. The van der Waals surface area contributed by atoms with Gasteiger partial charge >= 0.3 is 5.69 Å². The van der Waals surface area contributed by atoms with Gasteiger partial charge in [-0.25, -0.2) is 14.5 Å². The molecule has 0 saturated carbocycles. The molecule has 0 radical (unpaired) electrons. The number of aromatic nitrogens is 4. The lowest BCUT2D eigenvalue weighted by Gasteiger charge is -2.32. The zero-order valence-electron chi connectivity index (χ0n) is 17.2. The van der Waals surface area contributed by atoms with Crippen molar-refractivity contribution in [3.05, 3.63) is 46.6 Å². The van der Waals surface area contributed by atoms with Gasteiger partial charge in [-0.2, -0.15) is 5.10 Å². The van der Waals surface area contributed by atoms with Crippen molar-refractivity contribution in [3.63, 3.8) is 0 Å². The smallest absolute Gasteiger partial charge is 0.350 e. The van der Waals surface area contributed by atoms with Gasteiger partial charge < -0.3 is 14.5 Å². The number of likely N-dealkylation sites (tertiary alicyclic amines) is 1. The summed E-state index contributed by atoms with van der Waals surface area (Å²) in [6, 6.07) is 5.36. The topological polar surface area (TPSA) is 85.0 Å². The van der Waals surface area contributed by atoms with Crippen molar-refractivity contribution in [1.82, 2.24) is 24.1 Å². The van der Waals surface area contributed by atoms with Gasteiger partial charge in [0.2, 0.25) is 0 Å². The van der Waals surface area contributed by atoms with E-state index in [-0.39, 0.29) is 17.5 Å². The molecule has 3 aromatic rings. The number of rotatable bonds is 3. The molecule has 5 rings (SSSR count). The van der Waals surface area contributed by atoms with E-state index in [0.717, 1.165) is 18.5 Å². The number of piperidine rings is 1. The van der Waals surface area contributed by atoms with Crippen LogP contribution >= 0.6 is 0 Å². The lowest BCUT2D eigenvalue weighted by Crippen LogP contribution is -2.40. The van der Waals surface area contributed by atoms with Gasteiger partial charge in [0, 0.05) is 50.2 Å². The molecule has 0 bridgehead atoms. The van der Waals surface area contributed by atoms with Crippen LogP contribution in [0.5, 0.6) is 5.75 Å². The molecule has 9 nitrogen and oxygen atoms in total. The standard InChI is InChI=1S/C21H23FN6O3/c1-25-21(30)28-6-4-16(10-18(28)24-25)27-7-8-31-17-9-15(12-23-19(17)27)20(29)26-5-2-3-14(11-22)13-26/h4,6,9-10,12,14H,2-3,5,7-8,11,13H2,1H3/t14-/m1/s1. The lowest BCUT2D eigenvalue weighted by atomic mass is 9.99. The largest absolute Gasteiger partial charge is 0.488 e. The predicted molar refractivity (Wildman–Crippen MR) is 112 cm³/mol. The Bertz CT molecular complexity index is 1210. The first-order chi connectivity index (χ1) is 15.0. The maximum Gasteiger partial charge on any atom is 0.350 e. The Morgan fingerprint density at radius 1 is 1.32 bits per heavy atom. The SMILES string of the molecule is Cn1nc2cc(N3CCOc4cc(C(=O)N5CCC[C@H](CF)C5)cnc43)ccn2c1=O. The van der Waals surface area contributed by atoms with Gasteiger partial charge in [0.05, 0.1) is 18.8 Å². The Kier molecular flexibility index (Phi) is 4.84. The number of fused-ring (bicyclic) bond motifs is 2. The highest BCUT2D eigenvalue weighted by Gasteiger charge is 2.27. The van der Waals surface area contributed by atoms with Gasteiger partial charge in [-0.05, 0) is 25.0 Å². The third kappa shape index (κ3) is 3.41. The van der Waals surface area contributed by atoms with E-state index in [1.165, 1.54) is 9.08 Å². The molecule has 0 aliphatic carbocycles. The van der Waals surface area contributed by atoms with Crippen molar-refractivity contribution in [1.29, 1.82) is 0 Å². The minimum absolute atomic E-state index is 0.0935. The third-order valence-electron chi connectivity index (χ3n) is 5.90. The lowest BCUT2D eigenvalue weighted by molar-refractivity contribution is 0.0655. The van der Waals surface area contributed by atoms with E-state index >= 15 is 0 Å². The summed E-state index contributed by atoms with van der Waals surface area (Å²) in [5.74, 6) is 0.882. The third-order valence-corrected chi connectivity index (χ3v) is 5.90. The fraction of sp³-hybridized carbons (Fsp3) is 0.429. The fourth-order valence-electron chi connectivity index (χ4n) is 4.26. The molecule has 0 unspecified atom stereocenters. The van der Waals surface area contributed by atoms with Crippen LogP contribution < -0.4 is 15.3 Å². The summed E-state index contributed by atoms with van der Waals surface area (Å²) < 4.78 is 21.6. The normalized spacial score (nSPS) is 18.7. The molecular weight excluding hydrogens is 403 g/mol. The monoisotopic (exact) mass is 426 g/mol. The van der Waals surface area contributed by atoms with E-state index in [4.69, 9.17) is 4.74 Å². The number of hydrogen-bond acceptors (Lipinski definition) is 6. The summed E-state index contributed by atoms with van der Waals surface area (Å²) in [5, 5.41) is 4.24. The molecule has 162 valence electrons. The van der Waals surface area contributed by atoms with E-state index in [2.05, 4.69) is 10.1 Å². The minimum Gasteiger partial charge on any atom is -0.488 e. The summed E-state index contributed by atoms with van der Waals surface area (Å²) in [5.41, 5.74) is 1.60. The molecule has 0 aromatic carbocycles. The van der Waals surface area contributed by atoms with Crippen molar-refractivity contribution in [2.45, 2.75) is 12.8 Å². The number of amides is 1. The molecule has 2 aliphatic rings. The Labute approximate surface area is 177 Å². The van der Waals surface area contributed by atoms with Crippen LogP contribution in [0.25, 0.3) is 5.65 Å². The number of nitrogens with zero attached hydrogens (tertiary/aromatic N) is 6. The van der Waals surface area contributed by atoms with E-state index in [9.17, 15) is 14.0 Å². The number of carbonyl (C=O) groups excluding carboxylic acids is 1. The molecule has 1 atom stereocenters. The number of aryl methyl sites for hydroxylation is 1. The van der Waals surface area contributed by atoms with Crippen LogP contribution in [0.15, 0.2) is 35.4 Å². The molecule has 31 heavy (non-hydrogen) atoms. The molecule has 3 aromatic heterocycles. The second-order valence-corrected chi connectivity index (χ2v) is 7.98. The van der Waals surface area contributed by atoms with Crippen LogP contribution in [0, 0.1) is 5.92 Å². The molecule has 10 heteroatoms. The van der Waals surface area contributed by atoms with Crippen molar-refractivity contribution in [2.75, 3.05) is 37.8 Å². The maximum atomic E-state index is 13.1. The highest BCUT2D eigenvalue weighted by molar-refractivity contribution is 5.95. The summed E-state index contributed by atoms with van der Waals surface area (Å²) >= 11 is 0. The second-order valence-electron chi connectivity index (χ2n) is 7.98. The highest BCUT2D eigenvalue weighted by atomic mass is 19.1. The molecular formula is C21H23FN6O3. The number of alkyl halides is 1. The molecule has 5 heterocycles. The number of hydrogen-bond donors (Lipinski definition) is 0. The van der Waals surface area contributed by atoms with Gasteiger partial charge in [-0.3, -0.25) is 13.6 Å². The molecule has 2 aliphatic heterocycles. The van der Waals surface area contributed by atoms with Crippen molar-refractivity contribution in [2.24, 2.45) is 13.0 Å². The minimum atomic E-state index is -0.406. The van der Waals surface area contributed by atoms with Gasteiger partial charge in [-0.15, -0.1) is 0 Å². The van der Waals surface area contributed by atoms with Crippen LogP contribution in [-0.2, 0) is 7.05 Å². The molecule has 0 N–H and O–H groups in total. The van der Waals surface area contributed by atoms with Gasteiger partial charge in [-0.1, -0.05) is 0 Å². The number of pyridine rings is 2. The summed E-state index contributed by atoms with van der Waals surface area (Å²) in [7, 11) is 1.61. The van der Waals surface area contributed by atoms with E-state index in [0.29, 0.717) is 49.0 Å². The van der Waals surface area contributed by atoms with Crippen LogP contribution in [-0.4, -0.2) is 62.9 Å². The van der Waals surface area contributed by atoms with Gasteiger partial charge in [0.15, 0.2) is 17.2 Å². The maximum absolute atomic E-state index is 13.1. The second kappa shape index (κ2) is 7.68. The average molecular weight is 426 g/mol. The highest BCUT2D eigenvalue weighted by Crippen LogP contribution is 2.35. The summed E-state index contributed by atoms with van der Waals surface area (Å²) in [6.45, 7) is 1.66. The van der Waals surface area contributed by atoms with Crippen molar-refractivity contribution in [3.8, 4) is 5.75 Å². The quantitative estimate of drug-likeness (QED) is 0.635. The first-order valence-corrected chi connectivity index (χ1v) is 10.4. The first-order valence-electron chi connectivity index (χ1n) is 10.4. The number of ether oxygens (including phenoxy) is 1. The van der Waals surface area contributed by atoms with E-state index in [1.54, 1.807) is 30.4 Å². The van der Waals surface area contributed by atoms with Crippen LogP contribution in [0.1, 0.15) is 23.2 Å². The zero-order chi connectivity index (χ0) is 21.5. The van der Waals surface area contributed by atoms with E-state index in [1.807, 2.05) is 17.0 Å². The molecule has 0 spiro atoms. The van der Waals surface area contributed by atoms with Gasteiger partial charge in [0.1, 0.15) is 6.61 Å². The Balaban J connectivity index is 1.44. The van der Waals surface area contributed by atoms with Crippen LogP contribution in [0.3, 0.4) is 0 Å². The van der Waals surface area contributed by atoms with Crippen LogP contribution in [0.4, 0.5) is 15.9 Å². The van der Waals surface area contributed by atoms with Crippen molar-refractivity contribution >= 4 is 23.1 Å². The van der Waals surface area contributed by atoms with Gasteiger partial charge in [0.25, 0.3) is 5.91 Å². The fourth-order valence-corrected chi connectivity index (χ4v) is 4.26. The van der Waals surface area contributed by atoms with Crippen LogP contribution in [0.2, 0.25) is 0 Å². The van der Waals surface area contributed by atoms with E-state index < -0.39 is 6.67 Å². The number of anilines is 2. The molecule has 1 fully saturated rings. The Morgan fingerprint density at radius 2 is 2.19 bits per heavy atom. The summed E-state index contributed by atoms with van der Waals surface area (Å²) in [4.78, 5) is 33.2. The average Bonchev–Trinajstić information content (AvgIpc) is 3.10. The first kappa shape index (κ1) is 19.5. The Hall–Kier alpha value is -3.43. The number of halogens is 1.